The molecule has 0 spiro atoms. The molecule has 1 aromatic carbocycles. The quantitative estimate of drug-likeness (QED) is 0.552. The summed E-state index contributed by atoms with van der Waals surface area (Å²) in [5.74, 6) is 0.816. The Bertz CT molecular complexity index is 283. The first-order valence-corrected chi connectivity index (χ1v) is 4.44. The average molecular weight is 194 g/mol. The number of anilines is 1. The molecule has 0 atom stereocenters. The topological polar surface area (TPSA) is 50.4 Å². The summed E-state index contributed by atoms with van der Waals surface area (Å²) < 4.78 is 5.46. The largest absolute Gasteiger partial charge is 0.491 e. The minimum absolute atomic E-state index is 0.168. The highest BCUT2D eigenvalue weighted by Gasteiger charge is 1.96. The van der Waals surface area contributed by atoms with Gasteiger partial charge in [0.25, 0.3) is 0 Å². The molecule has 0 aliphatic heterocycles. The second-order valence-corrected chi connectivity index (χ2v) is 3.08. The van der Waals surface area contributed by atoms with Crippen molar-refractivity contribution in [1.29, 1.82) is 0 Å². The van der Waals surface area contributed by atoms with E-state index in [1.54, 1.807) is 0 Å². The lowest BCUT2D eigenvalue weighted by molar-refractivity contribution is -0.109. The third-order valence-electron chi connectivity index (χ3n) is 1.50. The van der Waals surface area contributed by atoms with Gasteiger partial charge in [-0.25, -0.2) is 0 Å². The van der Waals surface area contributed by atoms with E-state index in [2.05, 4.69) is 10.9 Å². The van der Waals surface area contributed by atoms with Gasteiger partial charge >= 0.3 is 0 Å². The molecule has 0 aromatic heterocycles. The predicted molar refractivity (Wildman–Crippen MR) is 55.0 cm³/mol. The summed E-state index contributed by atoms with van der Waals surface area (Å²) in [6.07, 6.45) is 0.750. The van der Waals surface area contributed by atoms with E-state index >= 15 is 0 Å². The molecule has 0 saturated carbocycles. The number of nitrogens with one attached hydrogen (secondary N) is 2. The van der Waals surface area contributed by atoms with E-state index in [0.717, 1.165) is 11.4 Å². The van der Waals surface area contributed by atoms with Gasteiger partial charge in [-0.1, -0.05) is 0 Å². The van der Waals surface area contributed by atoms with Crippen molar-refractivity contribution in [3.05, 3.63) is 24.3 Å². The van der Waals surface area contributed by atoms with Gasteiger partial charge in [-0.15, -0.1) is 0 Å². The van der Waals surface area contributed by atoms with Crippen LogP contribution in [-0.2, 0) is 4.79 Å². The molecule has 76 valence electrons. The highest BCUT2D eigenvalue weighted by molar-refractivity contribution is 5.53. The standard InChI is InChI=1S/C10H14N2O2/c1-8(2)14-10-5-3-9(4-6-10)12-11-7-13/h3-8,12H,1-2H3,(H,11,13). The maximum Gasteiger partial charge on any atom is 0.225 e. The van der Waals surface area contributed by atoms with E-state index in [1.165, 1.54) is 0 Å². The molecule has 0 heterocycles. The summed E-state index contributed by atoms with van der Waals surface area (Å²) in [5.41, 5.74) is 5.87. The third-order valence-corrected chi connectivity index (χ3v) is 1.50. The van der Waals surface area contributed by atoms with Gasteiger partial charge in [-0.3, -0.25) is 15.6 Å². The van der Waals surface area contributed by atoms with Gasteiger partial charge in [0.05, 0.1) is 11.8 Å². The lowest BCUT2D eigenvalue weighted by Gasteiger charge is -2.10. The summed E-state index contributed by atoms with van der Waals surface area (Å²) in [5, 5.41) is 0. The monoisotopic (exact) mass is 194 g/mol. The smallest absolute Gasteiger partial charge is 0.225 e. The number of carbonyl (C=O) groups is 1. The fourth-order valence-corrected chi connectivity index (χ4v) is 1.00. The van der Waals surface area contributed by atoms with E-state index in [-0.39, 0.29) is 6.10 Å². The van der Waals surface area contributed by atoms with Gasteiger partial charge in [0.2, 0.25) is 6.41 Å². The van der Waals surface area contributed by atoms with Crippen LogP contribution in [0.5, 0.6) is 5.75 Å². The molecule has 4 nitrogen and oxygen atoms in total. The van der Waals surface area contributed by atoms with Crippen LogP contribution >= 0.6 is 0 Å². The Labute approximate surface area is 83.2 Å². The van der Waals surface area contributed by atoms with Gasteiger partial charge in [0.1, 0.15) is 5.75 Å². The van der Waals surface area contributed by atoms with E-state index in [1.807, 2.05) is 38.1 Å². The normalized spacial score (nSPS) is 9.64. The fourth-order valence-electron chi connectivity index (χ4n) is 1.00. The van der Waals surface area contributed by atoms with Crippen molar-refractivity contribution in [2.24, 2.45) is 0 Å². The van der Waals surface area contributed by atoms with Crippen LogP contribution in [0, 0.1) is 0 Å². The van der Waals surface area contributed by atoms with Crippen molar-refractivity contribution >= 4 is 12.1 Å². The van der Waals surface area contributed by atoms with Crippen LogP contribution in [-0.4, -0.2) is 12.5 Å². The molecule has 0 aliphatic carbocycles. The van der Waals surface area contributed by atoms with Crippen molar-refractivity contribution in [2.45, 2.75) is 20.0 Å². The molecular formula is C10H14N2O2. The lowest BCUT2D eigenvalue weighted by Crippen LogP contribution is -2.18. The molecule has 0 radical (unpaired) electrons. The molecule has 0 bridgehead atoms. The van der Waals surface area contributed by atoms with Crippen molar-refractivity contribution in [2.75, 3.05) is 5.43 Å². The zero-order chi connectivity index (χ0) is 10.4. The van der Waals surface area contributed by atoms with Crippen LogP contribution in [0.25, 0.3) is 0 Å². The average Bonchev–Trinajstić information content (AvgIpc) is 2.16. The SMILES string of the molecule is CC(C)Oc1ccc(NNC=O)cc1. The maximum atomic E-state index is 9.99. The van der Waals surface area contributed by atoms with Gasteiger partial charge in [0.15, 0.2) is 0 Å². The Balaban J connectivity index is 2.54. The first kappa shape index (κ1) is 10.4. The predicted octanol–water partition coefficient (Wildman–Crippen LogP) is 1.55. The molecule has 1 rings (SSSR count). The van der Waals surface area contributed by atoms with Gasteiger partial charge in [-0.05, 0) is 38.1 Å². The molecule has 0 aliphatic rings. The molecular weight excluding hydrogens is 180 g/mol. The second kappa shape index (κ2) is 5.11. The first-order chi connectivity index (χ1) is 6.72. The van der Waals surface area contributed by atoms with Crippen LogP contribution < -0.4 is 15.6 Å². The Kier molecular flexibility index (Phi) is 3.79. The maximum absolute atomic E-state index is 9.99. The van der Waals surface area contributed by atoms with Crippen LogP contribution in [0.4, 0.5) is 5.69 Å². The minimum Gasteiger partial charge on any atom is -0.491 e. The van der Waals surface area contributed by atoms with Gasteiger partial charge in [0, 0.05) is 0 Å². The molecule has 1 aromatic rings. The van der Waals surface area contributed by atoms with E-state index in [0.29, 0.717) is 6.41 Å². The van der Waals surface area contributed by atoms with Gasteiger partial charge < -0.3 is 4.74 Å². The molecule has 14 heavy (non-hydrogen) atoms. The summed E-state index contributed by atoms with van der Waals surface area (Å²) >= 11 is 0. The summed E-state index contributed by atoms with van der Waals surface area (Å²) in [6, 6.07) is 7.34. The van der Waals surface area contributed by atoms with E-state index in [4.69, 9.17) is 4.74 Å². The number of hydrogen-bond acceptors (Lipinski definition) is 3. The molecule has 2 N–H and O–H groups in total. The zero-order valence-electron chi connectivity index (χ0n) is 8.28. The number of amides is 1. The van der Waals surface area contributed by atoms with Gasteiger partial charge in [-0.2, -0.15) is 0 Å². The number of benzene rings is 1. The number of carbonyl (C=O) groups excluding carboxylic acids is 1. The highest BCUT2D eigenvalue weighted by Crippen LogP contribution is 2.15. The number of hydrogen-bond donors (Lipinski definition) is 2. The Hall–Kier alpha value is -1.71. The van der Waals surface area contributed by atoms with E-state index < -0.39 is 0 Å². The molecule has 0 saturated heterocycles. The van der Waals surface area contributed by atoms with Crippen LogP contribution in [0.2, 0.25) is 0 Å². The fraction of sp³-hybridized carbons (Fsp3) is 0.300. The zero-order valence-corrected chi connectivity index (χ0v) is 8.28. The van der Waals surface area contributed by atoms with Crippen molar-refractivity contribution in [3.63, 3.8) is 0 Å². The molecule has 1 amide bonds. The summed E-state index contributed by atoms with van der Waals surface area (Å²) in [6.45, 7) is 3.94. The highest BCUT2D eigenvalue weighted by atomic mass is 16.5. The Morgan fingerprint density at radius 2 is 1.93 bits per heavy atom. The van der Waals surface area contributed by atoms with Crippen LogP contribution in [0.3, 0.4) is 0 Å². The summed E-state index contributed by atoms with van der Waals surface area (Å²) in [4.78, 5) is 9.99. The number of ether oxygens (including phenoxy) is 1. The Morgan fingerprint density at radius 1 is 1.29 bits per heavy atom. The van der Waals surface area contributed by atoms with Crippen molar-refractivity contribution < 1.29 is 9.53 Å². The van der Waals surface area contributed by atoms with Crippen molar-refractivity contribution in [3.8, 4) is 5.75 Å². The Morgan fingerprint density at radius 3 is 2.43 bits per heavy atom. The van der Waals surface area contributed by atoms with Crippen LogP contribution in [0.1, 0.15) is 13.8 Å². The molecule has 0 fully saturated rings. The molecule has 4 heteroatoms. The lowest BCUT2D eigenvalue weighted by atomic mass is 10.3. The van der Waals surface area contributed by atoms with Crippen LogP contribution in [0.15, 0.2) is 24.3 Å². The number of rotatable bonds is 5. The third kappa shape index (κ3) is 3.35. The number of hydrazine groups is 1. The second-order valence-electron chi connectivity index (χ2n) is 3.08. The molecule has 0 unspecified atom stereocenters. The van der Waals surface area contributed by atoms with Crippen molar-refractivity contribution in [1.82, 2.24) is 5.43 Å². The first-order valence-electron chi connectivity index (χ1n) is 4.44. The minimum atomic E-state index is 0.168. The summed E-state index contributed by atoms with van der Waals surface area (Å²) in [7, 11) is 0. The van der Waals surface area contributed by atoms with E-state index in [9.17, 15) is 4.79 Å².